The second-order valence-corrected chi connectivity index (χ2v) is 6.00. The lowest BCUT2D eigenvalue weighted by molar-refractivity contribution is 0.378. The fourth-order valence-electron chi connectivity index (χ4n) is 1.90. The zero-order valence-electron chi connectivity index (χ0n) is 10.9. The van der Waals surface area contributed by atoms with E-state index >= 15 is 0 Å². The normalized spacial score (nSPS) is 11.9. The minimum absolute atomic E-state index is 0.160. The van der Waals surface area contributed by atoms with Crippen LogP contribution in [0.4, 0.5) is 0 Å². The van der Waals surface area contributed by atoms with Crippen LogP contribution in [-0.2, 0) is 6.54 Å². The van der Waals surface area contributed by atoms with Crippen molar-refractivity contribution in [3.63, 3.8) is 0 Å². The molecule has 0 saturated carbocycles. The molecule has 0 saturated heterocycles. The first kappa shape index (κ1) is 13.5. The van der Waals surface area contributed by atoms with Crippen LogP contribution in [0.3, 0.4) is 0 Å². The quantitative estimate of drug-likeness (QED) is 0.848. The van der Waals surface area contributed by atoms with E-state index in [1.165, 1.54) is 10.9 Å². The summed E-state index contributed by atoms with van der Waals surface area (Å²) in [5.74, 6) is 0. The van der Waals surface area contributed by atoms with E-state index in [0.29, 0.717) is 0 Å². The fraction of sp³-hybridized carbons (Fsp3) is 0.400. The summed E-state index contributed by atoms with van der Waals surface area (Å²) in [5, 5.41) is 5.82. The van der Waals surface area contributed by atoms with Crippen LogP contribution >= 0.6 is 15.9 Å². The lowest BCUT2D eigenvalue weighted by Crippen LogP contribution is -2.38. The fourth-order valence-corrected chi connectivity index (χ4v) is 2.89. The van der Waals surface area contributed by atoms with Crippen molar-refractivity contribution in [1.82, 2.24) is 10.3 Å². The molecule has 0 aliphatic carbocycles. The Labute approximate surface area is 117 Å². The summed E-state index contributed by atoms with van der Waals surface area (Å²) in [5.41, 5.74) is 2.52. The molecule has 0 amide bonds. The molecule has 1 aromatic heterocycles. The Bertz CT molecular complexity index is 523. The molecular weight excluding hydrogens is 288 g/mol. The van der Waals surface area contributed by atoms with E-state index in [4.69, 9.17) is 0 Å². The molecule has 2 rings (SSSR count). The van der Waals surface area contributed by atoms with Gasteiger partial charge in [-0.3, -0.25) is 4.98 Å². The highest BCUT2D eigenvalue weighted by atomic mass is 79.9. The molecule has 96 valence electrons. The van der Waals surface area contributed by atoms with Crippen LogP contribution in [-0.4, -0.2) is 15.9 Å². The highest BCUT2D eigenvalue weighted by molar-refractivity contribution is 9.09. The largest absolute Gasteiger partial charge is 0.308 e. The first-order valence-corrected chi connectivity index (χ1v) is 7.37. The van der Waals surface area contributed by atoms with Gasteiger partial charge in [-0.15, -0.1) is 0 Å². The highest BCUT2D eigenvalue weighted by Crippen LogP contribution is 2.15. The molecule has 2 nitrogen and oxygen atoms in total. The van der Waals surface area contributed by atoms with Gasteiger partial charge in [0.2, 0.25) is 0 Å². The van der Waals surface area contributed by atoms with E-state index in [0.717, 1.165) is 23.8 Å². The second kappa shape index (κ2) is 5.81. The Kier molecular flexibility index (Phi) is 4.36. The van der Waals surface area contributed by atoms with Crippen molar-refractivity contribution in [2.75, 3.05) is 5.33 Å². The highest BCUT2D eigenvalue weighted by Gasteiger charge is 2.15. The minimum Gasteiger partial charge on any atom is -0.308 e. The molecule has 0 bridgehead atoms. The number of aromatic nitrogens is 1. The smallest absolute Gasteiger partial charge is 0.0702 e. The van der Waals surface area contributed by atoms with Gasteiger partial charge in [0.05, 0.1) is 5.52 Å². The number of nitrogens with one attached hydrogen (secondary N) is 1. The molecule has 0 aliphatic rings. The van der Waals surface area contributed by atoms with Crippen LogP contribution in [0.15, 0.2) is 36.5 Å². The van der Waals surface area contributed by atoms with Crippen molar-refractivity contribution in [2.24, 2.45) is 0 Å². The first-order chi connectivity index (χ1) is 8.61. The summed E-state index contributed by atoms with van der Waals surface area (Å²) in [6, 6.07) is 10.5. The van der Waals surface area contributed by atoms with Gasteiger partial charge in [0.1, 0.15) is 0 Å². The van der Waals surface area contributed by atoms with Gasteiger partial charge >= 0.3 is 0 Å². The molecule has 2 aromatic rings. The lowest BCUT2D eigenvalue weighted by Gasteiger charge is -2.25. The standard InChI is InChI=1S/C15H19BrN2/c1-15(2,7-8-16)18-11-12-5-6-14-13(10-12)4-3-9-17-14/h3-6,9-10,18H,7-8,11H2,1-2H3. The topological polar surface area (TPSA) is 24.9 Å². The predicted octanol–water partition coefficient (Wildman–Crippen LogP) is 3.89. The molecule has 0 aliphatic heterocycles. The number of alkyl halides is 1. The van der Waals surface area contributed by atoms with Gasteiger partial charge in [-0.2, -0.15) is 0 Å². The van der Waals surface area contributed by atoms with Crippen LogP contribution in [0.25, 0.3) is 10.9 Å². The Morgan fingerprint density at radius 1 is 1.28 bits per heavy atom. The molecular formula is C15H19BrN2. The lowest BCUT2D eigenvalue weighted by atomic mass is 10.0. The summed E-state index contributed by atoms with van der Waals surface area (Å²) in [6.45, 7) is 5.36. The van der Waals surface area contributed by atoms with Crippen molar-refractivity contribution in [2.45, 2.75) is 32.4 Å². The molecule has 0 spiro atoms. The molecule has 1 N–H and O–H groups in total. The van der Waals surface area contributed by atoms with Crippen molar-refractivity contribution in [1.29, 1.82) is 0 Å². The third-order valence-corrected chi connectivity index (χ3v) is 3.55. The number of rotatable bonds is 5. The number of benzene rings is 1. The third-order valence-electron chi connectivity index (χ3n) is 3.16. The van der Waals surface area contributed by atoms with Gasteiger partial charge in [0.15, 0.2) is 0 Å². The van der Waals surface area contributed by atoms with E-state index in [2.05, 4.69) is 64.3 Å². The van der Waals surface area contributed by atoms with Crippen molar-refractivity contribution in [3.8, 4) is 0 Å². The first-order valence-electron chi connectivity index (χ1n) is 6.25. The van der Waals surface area contributed by atoms with E-state index in [1.807, 2.05) is 12.3 Å². The zero-order chi connectivity index (χ0) is 13.0. The van der Waals surface area contributed by atoms with Crippen molar-refractivity contribution >= 4 is 26.8 Å². The van der Waals surface area contributed by atoms with Crippen LogP contribution < -0.4 is 5.32 Å². The average Bonchev–Trinajstić information content (AvgIpc) is 2.36. The molecule has 1 heterocycles. The maximum absolute atomic E-state index is 4.33. The Morgan fingerprint density at radius 3 is 2.89 bits per heavy atom. The number of pyridine rings is 1. The SMILES string of the molecule is CC(C)(CCBr)NCc1ccc2ncccc2c1. The summed E-state index contributed by atoms with van der Waals surface area (Å²) >= 11 is 3.50. The average molecular weight is 307 g/mol. The number of halogens is 1. The van der Waals surface area contributed by atoms with E-state index in [-0.39, 0.29) is 5.54 Å². The summed E-state index contributed by atoms with van der Waals surface area (Å²) in [6.07, 6.45) is 2.95. The molecule has 3 heteroatoms. The van der Waals surface area contributed by atoms with Crippen molar-refractivity contribution in [3.05, 3.63) is 42.1 Å². The van der Waals surface area contributed by atoms with Crippen LogP contribution in [0.5, 0.6) is 0 Å². The van der Waals surface area contributed by atoms with Gasteiger partial charge in [0, 0.05) is 29.0 Å². The third kappa shape index (κ3) is 3.53. The minimum atomic E-state index is 0.160. The summed E-state index contributed by atoms with van der Waals surface area (Å²) < 4.78 is 0. The van der Waals surface area contributed by atoms with Gasteiger partial charge in [0.25, 0.3) is 0 Å². The second-order valence-electron chi connectivity index (χ2n) is 5.21. The van der Waals surface area contributed by atoms with Gasteiger partial charge < -0.3 is 5.32 Å². The maximum atomic E-state index is 4.33. The predicted molar refractivity (Wildman–Crippen MR) is 81.1 cm³/mol. The van der Waals surface area contributed by atoms with E-state index < -0.39 is 0 Å². The van der Waals surface area contributed by atoms with Gasteiger partial charge in [-0.05, 0) is 44.0 Å². The maximum Gasteiger partial charge on any atom is 0.0702 e. The molecule has 0 unspecified atom stereocenters. The summed E-state index contributed by atoms with van der Waals surface area (Å²) in [7, 11) is 0. The zero-order valence-corrected chi connectivity index (χ0v) is 12.5. The number of hydrogen-bond acceptors (Lipinski definition) is 2. The summed E-state index contributed by atoms with van der Waals surface area (Å²) in [4.78, 5) is 4.33. The molecule has 0 atom stereocenters. The Morgan fingerprint density at radius 2 is 2.11 bits per heavy atom. The molecule has 0 radical (unpaired) electrons. The Hall–Kier alpha value is -0.930. The monoisotopic (exact) mass is 306 g/mol. The van der Waals surface area contributed by atoms with Crippen molar-refractivity contribution < 1.29 is 0 Å². The van der Waals surface area contributed by atoms with E-state index in [9.17, 15) is 0 Å². The Balaban J connectivity index is 2.08. The number of hydrogen-bond donors (Lipinski definition) is 1. The van der Waals surface area contributed by atoms with Crippen LogP contribution in [0.1, 0.15) is 25.8 Å². The number of nitrogens with zero attached hydrogens (tertiary/aromatic N) is 1. The molecule has 1 aromatic carbocycles. The number of fused-ring (bicyclic) bond motifs is 1. The van der Waals surface area contributed by atoms with Crippen LogP contribution in [0, 0.1) is 0 Å². The van der Waals surface area contributed by atoms with Crippen LogP contribution in [0.2, 0.25) is 0 Å². The molecule has 0 fully saturated rings. The van der Waals surface area contributed by atoms with Gasteiger partial charge in [-0.25, -0.2) is 0 Å². The molecule has 18 heavy (non-hydrogen) atoms. The van der Waals surface area contributed by atoms with Gasteiger partial charge in [-0.1, -0.05) is 28.1 Å². The van der Waals surface area contributed by atoms with E-state index in [1.54, 1.807) is 0 Å².